The second-order valence-electron chi connectivity index (χ2n) is 4.83. The van der Waals surface area contributed by atoms with Crippen molar-refractivity contribution in [2.24, 2.45) is 0 Å². The summed E-state index contributed by atoms with van der Waals surface area (Å²) in [6, 6.07) is 12.7. The summed E-state index contributed by atoms with van der Waals surface area (Å²) in [5, 5.41) is 0. The zero-order chi connectivity index (χ0) is 15.5. The van der Waals surface area contributed by atoms with Gasteiger partial charge in [-0.15, -0.1) is 0 Å². The van der Waals surface area contributed by atoms with Gasteiger partial charge in [0, 0.05) is 30.7 Å². The lowest BCUT2D eigenvalue weighted by atomic mass is 10.1. The van der Waals surface area contributed by atoms with Crippen molar-refractivity contribution in [3.8, 4) is 5.75 Å². The summed E-state index contributed by atoms with van der Waals surface area (Å²) >= 11 is 0. The number of hydrogen-bond acceptors (Lipinski definition) is 4. The third-order valence-corrected chi connectivity index (χ3v) is 3.46. The molecule has 3 aromatic rings. The third kappa shape index (κ3) is 2.61. The molecule has 110 valence electrons. The van der Waals surface area contributed by atoms with Gasteiger partial charge in [0.1, 0.15) is 5.75 Å². The standard InChI is InChI=1S/C17H15N3O2/c1-20(17(21)12-4-3-5-14(10-12)22-2)13-6-7-15-16(11-13)19-9-8-18-15/h3-11H,1-2H3. The molecule has 0 radical (unpaired) electrons. The molecule has 0 saturated carbocycles. The van der Waals surface area contributed by atoms with Crippen LogP contribution in [0.3, 0.4) is 0 Å². The van der Waals surface area contributed by atoms with Gasteiger partial charge < -0.3 is 9.64 Å². The Morgan fingerprint density at radius 1 is 1.05 bits per heavy atom. The topological polar surface area (TPSA) is 55.3 Å². The number of anilines is 1. The zero-order valence-corrected chi connectivity index (χ0v) is 12.4. The van der Waals surface area contributed by atoms with E-state index in [1.54, 1.807) is 49.7 Å². The summed E-state index contributed by atoms with van der Waals surface area (Å²) in [7, 11) is 3.31. The number of nitrogens with zero attached hydrogens (tertiary/aromatic N) is 3. The molecule has 1 amide bonds. The van der Waals surface area contributed by atoms with Crippen LogP contribution in [0.5, 0.6) is 5.75 Å². The van der Waals surface area contributed by atoms with E-state index in [1.165, 1.54) is 0 Å². The quantitative estimate of drug-likeness (QED) is 0.745. The van der Waals surface area contributed by atoms with Gasteiger partial charge >= 0.3 is 0 Å². The van der Waals surface area contributed by atoms with E-state index in [9.17, 15) is 4.79 Å². The highest BCUT2D eigenvalue weighted by Gasteiger charge is 2.14. The van der Waals surface area contributed by atoms with Gasteiger partial charge in [-0.1, -0.05) is 6.07 Å². The van der Waals surface area contributed by atoms with E-state index in [-0.39, 0.29) is 5.91 Å². The summed E-state index contributed by atoms with van der Waals surface area (Å²) < 4.78 is 5.16. The molecule has 0 unspecified atom stereocenters. The average Bonchev–Trinajstić information content (AvgIpc) is 2.60. The highest BCUT2D eigenvalue weighted by molar-refractivity contribution is 6.06. The van der Waals surface area contributed by atoms with Crippen molar-refractivity contribution < 1.29 is 9.53 Å². The molecule has 0 N–H and O–H groups in total. The minimum atomic E-state index is -0.109. The predicted octanol–water partition coefficient (Wildman–Crippen LogP) is 2.92. The Morgan fingerprint density at radius 3 is 2.59 bits per heavy atom. The van der Waals surface area contributed by atoms with Crippen LogP contribution in [0.1, 0.15) is 10.4 Å². The van der Waals surface area contributed by atoms with E-state index >= 15 is 0 Å². The Balaban J connectivity index is 1.93. The van der Waals surface area contributed by atoms with Crippen LogP contribution < -0.4 is 9.64 Å². The Labute approximate surface area is 128 Å². The summed E-state index contributed by atoms with van der Waals surface area (Å²) in [4.78, 5) is 22.7. The van der Waals surface area contributed by atoms with Crippen LogP contribution in [-0.4, -0.2) is 30.0 Å². The summed E-state index contributed by atoms with van der Waals surface area (Å²) in [6.45, 7) is 0. The van der Waals surface area contributed by atoms with Gasteiger partial charge in [0.2, 0.25) is 0 Å². The minimum absolute atomic E-state index is 0.109. The highest BCUT2D eigenvalue weighted by Crippen LogP contribution is 2.21. The summed E-state index contributed by atoms with van der Waals surface area (Å²) in [5.41, 5.74) is 2.89. The monoisotopic (exact) mass is 293 g/mol. The molecule has 0 aliphatic rings. The molecule has 1 heterocycles. The van der Waals surface area contributed by atoms with Crippen LogP contribution >= 0.6 is 0 Å². The van der Waals surface area contributed by atoms with E-state index in [2.05, 4.69) is 9.97 Å². The van der Waals surface area contributed by atoms with Crippen molar-refractivity contribution in [2.45, 2.75) is 0 Å². The third-order valence-electron chi connectivity index (χ3n) is 3.46. The van der Waals surface area contributed by atoms with Crippen molar-refractivity contribution in [1.82, 2.24) is 9.97 Å². The maximum absolute atomic E-state index is 12.6. The van der Waals surface area contributed by atoms with Crippen molar-refractivity contribution in [2.75, 3.05) is 19.1 Å². The van der Waals surface area contributed by atoms with Gasteiger partial charge in [-0.3, -0.25) is 14.8 Å². The molecule has 3 rings (SSSR count). The first-order valence-corrected chi connectivity index (χ1v) is 6.82. The van der Waals surface area contributed by atoms with Crippen LogP contribution in [0.15, 0.2) is 54.9 Å². The molecular weight excluding hydrogens is 278 g/mol. The Kier molecular flexibility index (Phi) is 3.70. The Bertz CT molecular complexity index is 833. The number of ether oxygens (including phenoxy) is 1. The van der Waals surface area contributed by atoms with Crippen molar-refractivity contribution in [3.63, 3.8) is 0 Å². The minimum Gasteiger partial charge on any atom is -0.497 e. The first-order chi connectivity index (χ1) is 10.7. The van der Waals surface area contributed by atoms with Gasteiger partial charge in [0.25, 0.3) is 5.91 Å². The molecule has 0 spiro atoms. The van der Waals surface area contributed by atoms with Crippen LogP contribution in [0.25, 0.3) is 11.0 Å². The number of carbonyl (C=O) groups excluding carboxylic acids is 1. The van der Waals surface area contributed by atoms with Crippen molar-refractivity contribution in [1.29, 1.82) is 0 Å². The lowest BCUT2D eigenvalue weighted by molar-refractivity contribution is 0.0992. The molecule has 0 aliphatic heterocycles. The second-order valence-corrected chi connectivity index (χ2v) is 4.83. The smallest absolute Gasteiger partial charge is 0.258 e. The van der Waals surface area contributed by atoms with Crippen LogP contribution in [0, 0.1) is 0 Å². The van der Waals surface area contributed by atoms with Gasteiger partial charge in [-0.05, 0) is 36.4 Å². The molecule has 0 fully saturated rings. The normalized spacial score (nSPS) is 10.5. The Hall–Kier alpha value is -2.95. The molecule has 1 aromatic heterocycles. The fourth-order valence-corrected chi connectivity index (χ4v) is 2.23. The number of rotatable bonds is 3. The number of fused-ring (bicyclic) bond motifs is 1. The van der Waals surface area contributed by atoms with Crippen LogP contribution in [0.2, 0.25) is 0 Å². The summed E-state index contributed by atoms with van der Waals surface area (Å²) in [5.74, 6) is 0.547. The number of hydrogen-bond donors (Lipinski definition) is 0. The van der Waals surface area contributed by atoms with Gasteiger partial charge in [-0.25, -0.2) is 0 Å². The number of carbonyl (C=O) groups is 1. The summed E-state index contributed by atoms with van der Waals surface area (Å²) in [6.07, 6.45) is 3.28. The molecule has 5 heteroatoms. The molecule has 2 aromatic carbocycles. The fourth-order valence-electron chi connectivity index (χ4n) is 2.23. The molecule has 0 saturated heterocycles. The van der Waals surface area contributed by atoms with Gasteiger partial charge in [-0.2, -0.15) is 0 Å². The fraction of sp³-hybridized carbons (Fsp3) is 0.118. The van der Waals surface area contributed by atoms with Gasteiger partial charge in [0.15, 0.2) is 0 Å². The first kappa shape index (κ1) is 14.0. The van der Waals surface area contributed by atoms with E-state index in [0.29, 0.717) is 11.3 Å². The molecule has 0 bridgehead atoms. The maximum atomic E-state index is 12.6. The molecule has 0 aliphatic carbocycles. The number of amides is 1. The molecule has 5 nitrogen and oxygen atoms in total. The number of aromatic nitrogens is 2. The van der Waals surface area contributed by atoms with E-state index in [4.69, 9.17) is 4.74 Å². The van der Waals surface area contributed by atoms with E-state index < -0.39 is 0 Å². The lowest BCUT2D eigenvalue weighted by Gasteiger charge is -2.18. The van der Waals surface area contributed by atoms with Crippen molar-refractivity contribution >= 4 is 22.6 Å². The second kappa shape index (κ2) is 5.81. The maximum Gasteiger partial charge on any atom is 0.258 e. The van der Waals surface area contributed by atoms with E-state index in [0.717, 1.165) is 16.7 Å². The zero-order valence-electron chi connectivity index (χ0n) is 12.4. The van der Waals surface area contributed by atoms with Crippen LogP contribution in [-0.2, 0) is 0 Å². The van der Waals surface area contributed by atoms with Gasteiger partial charge in [0.05, 0.1) is 18.1 Å². The largest absolute Gasteiger partial charge is 0.497 e. The highest BCUT2D eigenvalue weighted by atomic mass is 16.5. The van der Waals surface area contributed by atoms with Crippen LogP contribution in [0.4, 0.5) is 5.69 Å². The number of methoxy groups -OCH3 is 1. The first-order valence-electron chi connectivity index (χ1n) is 6.82. The molecule has 22 heavy (non-hydrogen) atoms. The predicted molar refractivity (Wildman–Crippen MR) is 85.3 cm³/mol. The Morgan fingerprint density at radius 2 is 1.82 bits per heavy atom. The molecule has 0 atom stereocenters. The SMILES string of the molecule is COc1cccc(C(=O)N(C)c2ccc3nccnc3c2)c1. The van der Waals surface area contributed by atoms with Crippen molar-refractivity contribution in [3.05, 3.63) is 60.4 Å². The molecular formula is C17H15N3O2. The number of benzene rings is 2. The average molecular weight is 293 g/mol. The lowest BCUT2D eigenvalue weighted by Crippen LogP contribution is -2.26. The van der Waals surface area contributed by atoms with E-state index in [1.807, 2.05) is 24.3 Å².